The zero-order valence-electron chi connectivity index (χ0n) is 10.4. The van der Waals surface area contributed by atoms with Gasteiger partial charge in [-0.2, -0.15) is 0 Å². The predicted molar refractivity (Wildman–Crippen MR) is 62.6 cm³/mol. The molecule has 2 aliphatic rings. The van der Waals surface area contributed by atoms with Crippen molar-refractivity contribution in [3.63, 3.8) is 0 Å². The maximum Gasteiger partial charge on any atom is 0.248 e. The van der Waals surface area contributed by atoms with E-state index in [0.29, 0.717) is 5.92 Å². The van der Waals surface area contributed by atoms with Crippen molar-refractivity contribution < 1.29 is 8.78 Å². The highest BCUT2D eigenvalue weighted by Gasteiger charge is 2.38. The Bertz CT molecular complexity index is 215. The Morgan fingerprint density at radius 3 is 2.31 bits per heavy atom. The maximum absolute atomic E-state index is 13.1. The second kappa shape index (κ2) is 5.01. The standard InChI is InChI=1S/C14H24F2/c1-2-11-4-3-5-13(10-11)12-6-8-14(15,16)9-7-12/h11-13H,2-10H2,1H3/t11-,13?/m0/s1. The molecule has 2 heteroatoms. The first-order valence-corrected chi connectivity index (χ1v) is 6.98. The zero-order valence-corrected chi connectivity index (χ0v) is 10.4. The molecule has 0 aromatic rings. The first-order chi connectivity index (χ1) is 7.61. The van der Waals surface area contributed by atoms with Gasteiger partial charge < -0.3 is 0 Å². The highest BCUT2D eigenvalue weighted by atomic mass is 19.3. The molecule has 0 N–H and O–H groups in total. The molecule has 0 aromatic carbocycles. The second-order valence-corrected chi connectivity index (χ2v) is 5.89. The number of hydrogen-bond acceptors (Lipinski definition) is 0. The van der Waals surface area contributed by atoms with E-state index in [-0.39, 0.29) is 12.8 Å². The van der Waals surface area contributed by atoms with Crippen molar-refractivity contribution in [2.75, 3.05) is 0 Å². The van der Waals surface area contributed by atoms with Crippen LogP contribution in [0.5, 0.6) is 0 Å². The van der Waals surface area contributed by atoms with Gasteiger partial charge >= 0.3 is 0 Å². The monoisotopic (exact) mass is 230 g/mol. The largest absolute Gasteiger partial charge is 0.248 e. The second-order valence-electron chi connectivity index (χ2n) is 5.89. The maximum atomic E-state index is 13.1. The van der Waals surface area contributed by atoms with Gasteiger partial charge in [-0.15, -0.1) is 0 Å². The third-order valence-electron chi connectivity index (χ3n) is 4.83. The van der Waals surface area contributed by atoms with Crippen LogP contribution in [0, 0.1) is 17.8 Å². The minimum atomic E-state index is -2.35. The quantitative estimate of drug-likeness (QED) is 0.624. The van der Waals surface area contributed by atoms with Gasteiger partial charge in [-0.1, -0.05) is 32.6 Å². The Morgan fingerprint density at radius 2 is 1.69 bits per heavy atom. The topological polar surface area (TPSA) is 0 Å². The fraction of sp³-hybridized carbons (Fsp3) is 1.00. The van der Waals surface area contributed by atoms with Crippen LogP contribution < -0.4 is 0 Å². The van der Waals surface area contributed by atoms with Crippen LogP contribution in [0.4, 0.5) is 8.78 Å². The summed E-state index contributed by atoms with van der Waals surface area (Å²) < 4.78 is 26.2. The van der Waals surface area contributed by atoms with E-state index in [1.54, 1.807) is 0 Å². The Kier molecular flexibility index (Phi) is 3.86. The smallest absolute Gasteiger partial charge is 0.207 e. The molecule has 0 bridgehead atoms. The van der Waals surface area contributed by atoms with Crippen molar-refractivity contribution in [3.05, 3.63) is 0 Å². The molecule has 16 heavy (non-hydrogen) atoms. The molecule has 2 aliphatic carbocycles. The summed E-state index contributed by atoms with van der Waals surface area (Å²) in [5.74, 6) is -0.111. The van der Waals surface area contributed by atoms with E-state index in [0.717, 1.165) is 24.7 Å². The molecule has 0 radical (unpaired) electrons. The van der Waals surface area contributed by atoms with Crippen LogP contribution in [0.2, 0.25) is 0 Å². The molecule has 2 saturated carbocycles. The molecular formula is C14H24F2. The van der Waals surface area contributed by atoms with Gasteiger partial charge in [0, 0.05) is 12.8 Å². The number of hydrogen-bond donors (Lipinski definition) is 0. The fourth-order valence-corrected chi connectivity index (χ4v) is 3.67. The van der Waals surface area contributed by atoms with Gasteiger partial charge in [0.05, 0.1) is 0 Å². The molecule has 0 saturated heterocycles. The summed E-state index contributed by atoms with van der Waals surface area (Å²) in [4.78, 5) is 0. The molecule has 0 nitrogen and oxygen atoms in total. The molecule has 0 spiro atoms. The van der Waals surface area contributed by atoms with Gasteiger partial charge in [0.1, 0.15) is 0 Å². The van der Waals surface area contributed by atoms with Crippen LogP contribution in [-0.2, 0) is 0 Å². The lowest BCUT2D eigenvalue weighted by atomic mass is 9.69. The molecule has 94 valence electrons. The molecule has 2 atom stereocenters. The van der Waals surface area contributed by atoms with Gasteiger partial charge in [-0.3, -0.25) is 0 Å². The normalized spacial score (nSPS) is 36.2. The lowest BCUT2D eigenvalue weighted by Gasteiger charge is -2.38. The van der Waals surface area contributed by atoms with E-state index in [2.05, 4.69) is 6.92 Å². The van der Waals surface area contributed by atoms with Crippen molar-refractivity contribution >= 4 is 0 Å². The lowest BCUT2D eigenvalue weighted by Crippen LogP contribution is -2.30. The summed E-state index contributed by atoms with van der Waals surface area (Å²) >= 11 is 0. The van der Waals surface area contributed by atoms with Crippen molar-refractivity contribution in [2.45, 2.75) is 70.6 Å². The number of rotatable bonds is 2. The van der Waals surface area contributed by atoms with Crippen LogP contribution in [0.3, 0.4) is 0 Å². The van der Waals surface area contributed by atoms with Crippen molar-refractivity contribution in [2.24, 2.45) is 17.8 Å². The molecule has 0 aliphatic heterocycles. The summed E-state index contributed by atoms with van der Waals surface area (Å²) in [5, 5.41) is 0. The summed E-state index contributed by atoms with van der Waals surface area (Å²) in [6, 6.07) is 0. The van der Waals surface area contributed by atoms with Gasteiger partial charge in [0.25, 0.3) is 0 Å². The van der Waals surface area contributed by atoms with E-state index >= 15 is 0 Å². The average Bonchev–Trinajstić information content (AvgIpc) is 2.29. The average molecular weight is 230 g/mol. The molecule has 0 heterocycles. The van der Waals surface area contributed by atoms with Gasteiger partial charge in [-0.25, -0.2) is 8.78 Å². The predicted octanol–water partition coefficient (Wildman–Crippen LogP) is 5.03. The summed E-state index contributed by atoms with van der Waals surface area (Å²) in [5.41, 5.74) is 0. The number of alkyl halides is 2. The van der Waals surface area contributed by atoms with E-state index < -0.39 is 5.92 Å². The Balaban J connectivity index is 1.84. The van der Waals surface area contributed by atoms with Crippen molar-refractivity contribution in [1.82, 2.24) is 0 Å². The molecule has 2 fully saturated rings. The third kappa shape index (κ3) is 2.95. The van der Waals surface area contributed by atoms with E-state index in [1.165, 1.54) is 32.1 Å². The van der Waals surface area contributed by atoms with Gasteiger partial charge in [-0.05, 0) is 37.0 Å². The van der Waals surface area contributed by atoms with Crippen molar-refractivity contribution in [1.29, 1.82) is 0 Å². The first-order valence-electron chi connectivity index (χ1n) is 6.98. The van der Waals surface area contributed by atoms with Gasteiger partial charge in [0.2, 0.25) is 5.92 Å². The zero-order chi connectivity index (χ0) is 11.6. The highest BCUT2D eigenvalue weighted by Crippen LogP contribution is 2.44. The Hall–Kier alpha value is -0.140. The van der Waals surface area contributed by atoms with Crippen LogP contribution in [0.15, 0.2) is 0 Å². The lowest BCUT2D eigenvalue weighted by molar-refractivity contribution is -0.0555. The first kappa shape index (κ1) is 12.3. The molecular weight excluding hydrogens is 206 g/mol. The molecule has 0 amide bonds. The van der Waals surface area contributed by atoms with Crippen molar-refractivity contribution in [3.8, 4) is 0 Å². The van der Waals surface area contributed by atoms with E-state index in [4.69, 9.17) is 0 Å². The van der Waals surface area contributed by atoms with Crippen LogP contribution in [-0.4, -0.2) is 5.92 Å². The molecule has 2 rings (SSSR count). The minimum absolute atomic E-state index is 0.144. The summed E-state index contributed by atoms with van der Waals surface area (Å²) in [6.07, 6.45) is 8.42. The summed E-state index contributed by atoms with van der Waals surface area (Å²) in [7, 11) is 0. The van der Waals surface area contributed by atoms with Crippen LogP contribution in [0.25, 0.3) is 0 Å². The molecule has 1 unspecified atom stereocenters. The Morgan fingerprint density at radius 1 is 1.00 bits per heavy atom. The SMILES string of the molecule is CC[C@H]1CCCC(C2CCC(F)(F)CC2)C1. The van der Waals surface area contributed by atoms with E-state index in [9.17, 15) is 8.78 Å². The molecule has 0 aromatic heterocycles. The fourth-order valence-electron chi connectivity index (χ4n) is 3.67. The van der Waals surface area contributed by atoms with Crippen LogP contribution in [0.1, 0.15) is 64.7 Å². The van der Waals surface area contributed by atoms with Crippen LogP contribution >= 0.6 is 0 Å². The van der Waals surface area contributed by atoms with E-state index in [1.807, 2.05) is 0 Å². The minimum Gasteiger partial charge on any atom is -0.207 e. The van der Waals surface area contributed by atoms with Gasteiger partial charge in [0.15, 0.2) is 0 Å². The number of halogens is 2. The summed E-state index contributed by atoms with van der Waals surface area (Å²) in [6.45, 7) is 2.27. The third-order valence-corrected chi connectivity index (χ3v) is 4.83. The Labute approximate surface area is 97.8 Å². The highest BCUT2D eigenvalue weighted by molar-refractivity contribution is 4.84.